The van der Waals surface area contributed by atoms with Gasteiger partial charge in [0, 0.05) is 24.6 Å². The standard InChI is InChI=1S/C24H33N3O2S/c1-16-8-10-20(27(14-16)23(28)29-24(2,3)4)17-9-11-21-19(13-17)25-22(30-21)18-7-6-12-26(5)15-18/h9-11,13,16,18H,6-8,12,14-15H2,1-5H3/t16-,18?/m0/s1. The molecular formula is C24H33N3O2S. The Morgan fingerprint density at radius 3 is 2.80 bits per heavy atom. The molecule has 5 nitrogen and oxygen atoms in total. The largest absolute Gasteiger partial charge is 0.443 e. The lowest BCUT2D eigenvalue weighted by molar-refractivity contribution is 0.0327. The van der Waals surface area contributed by atoms with E-state index in [0.29, 0.717) is 18.4 Å². The monoisotopic (exact) mass is 427 g/mol. The second-order valence-electron chi connectivity index (χ2n) is 9.86. The molecule has 3 heterocycles. The van der Waals surface area contributed by atoms with E-state index in [1.165, 1.54) is 29.1 Å². The van der Waals surface area contributed by atoms with Gasteiger partial charge < -0.3 is 9.64 Å². The first-order valence-electron chi connectivity index (χ1n) is 11.0. The average Bonchev–Trinajstić information content (AvgIpc) is 3.10. The second kappa shape index (κ2) is 8.31. The van der Waals surface area contributed by atoms with Gasteiger partial charge in [-0.3, -0.25) is 4.90 Å². The van der Waals surface area contributed by atoms with Crippen molar-refractivity contribution in [1.29, 1.82) is 0 Å². The Bertz CT molecular complexity index is 959. The summed E-state index contributed by atoms with van der Waals surface area (Å²) in [5.74, 6) is 0.941. The number of hydrogen-bond donors (Lipinski definition) is 0. The molecule has 1 fully saturated rings. The Hall–Kier alpha value is -1.92. The number of hydrogen-bond acceptors (Lipinski definition) is 5. The molecule has 0 saturated carbocycles. The lowest BCUT2D eigenvalue weighted by Gasteiger charge is -2.33. The zero-order valence-corrected chi connectivity index (χ0v) is 19.6. The number of likely N-dealkylation sites (tertiary alicyclic amines) is 1. The van der Waals surface area contributed by atoms with Crippen LogP contribution in [0.5, 0.6) is 0 Å². The number of nitrogens with zero attached hydrogens (tertiary/aromatic N) is 3. The first-order valence-corrected chi connectivity index (χ1v) is 11.8. The molecule has 1 aromatic carbocycles. The maximum Gasteiger partial charge on any atom is 0.414 e. The summed E-state index contributed by atoms with van der Waals surface area (Å²) >= 11 is 1.81. The highest BCUT2D eigenvalue weighted by Gasteiger charge is 2.29. The van der Waals surface area contributed by atoms with E-state index in [9.17, 15) is 4.79 Å². The van der Waals surface area contributed by atoms with Crippen molar-refractivity contribution in [1.82, 2.24) is 14.8 Å². The summed E-state index contributed by atoms with van der Waals surface area (Å²) < 4.78 is 6.90. The highest BCUT2D eigenvalue weighted by Crippen LogP contribution is 2.35. The molecule has 0 aliphatic carbocycles. The summed E-state index contributed by atoms with van der Waals surface area (Å²) in [6.07, 6.45) is 5.31. The van der Waals surface area contributed by atoms with Crippen LogP contribution in [0.4, 0.5) is 4.79 Å². The fraction of sp³-hybridized carbons (Fsp3) is 0.583. The third-order valence-corrected chi connectivity index (χ3v) is 6.98. The van der Waals surface area contributed by atoms with Gasteiger partial charge in [-0.1, -0.05) is 19.1 Å². The predicted molar refractivity (Wildman–Crippen MR) is 124 cm³/mol. The van der Waals surface area contributed by atoms with Crippen molar-refractivity contribution in [3.63, 3.8) is 0 Å². The highest BCUT2D eigenvalue weighted by atomic mass is 32.1. The Balaban J connectivity index is 1.63. The highest BCUT2D eigenvalue weighted by molar-refractivity contribution is 7.18. The summed E-state index contributed by atoms with van der Waals surface area (Å²) in [5.41, 5.74) is 2.50. The topological polar surface area (TPSA) is 45.7 Å². The zero-order chi connectivity index (χ0) is 21.5. The minimum atomic E-state index is -0.510. The number of piperidine rings is 1. The van der Waals surface area contributed by atoms with E-state index in [1.54, 1.807) is 4.90 Å². The minimum absolute atomic E-state index is 0.274. The Morgan fingerprint density at radius 1 is 1.27 bits per heavy atom. The molecule has 1 aromatic heterocycles. The van der Waals surface area contributed by atoms with Gasteiger partial charge in [0.2, 0.25) is 0 Å². The number of thiazole rings is 1. The number of aromatic nitrogens is 1. The number of carbonyl (C=O) groups is 1. The van der Waals surface area contributed by atoms with Crippen LogP contribution < -0.4 is 0 Å². The van der Waals surface area contributed by atoms with Crippen molar-refractivity contribution in [2.24, 2.45) is 5.92 Å². The molecule has 0 bridgehead atoms. The normalized spacial score (nSPS) is 23.5. The van der Waals surface area contributed by atoms with Gasteiger partial charge >= 0.3 is 6.09 Å². The number of likely N-dealkylation sites (N-methyl/N-ethyl adjacent to an activating group) is 1. The molecule has 2 aliphatic rings. The van der Waals surface area contributed by atoms with Gasteiger partial charge in [-0.05, 0) is 71.7 Å². The molecule has 162 valence electrons. The molecule has 6 heteroatoms. The van der Waals surface area contributed by atoms with Crippen molar-refractivity contribution in [2.45, 2.75) is 58.5 Å². The minimum Gasteiger partial charge on any atom is -0.443 e. The van der Waals surface area contributed by atoms with Crippen LogP contribution in [0.3, 0.4) is 0 Å². The lowest BCUT2D eigenvalue weighted by atomic mass is 9.98. The van der Waals surface area contributed by atoms with E-state index >= 15 is 0 Å². The third kappa shape index (κ3) is 4.70. The molecule has 4 rings (SSSR count). The van der Waals surface area contributed by atoms with Crippen LogP contribution in [0.25, 0.3) is 15.9 Å². The maximum atomic E-state index is 12.9. The lowest BCUT2D eigenvalue weighted by Crippen LogP contribution is -2.39. The van der Waals surface area contributed by atoms with Crippen LogP contribution >= 0.6 is 11.3 Å². The number of amides is 1. The van der Waals surface area contributed by atoms with Crippen LogP contribution in [-0.4, -0.2) is 53.2 Å². The van der Waals surface area contributed by atoms with Crippen molar-refractivity contribution >= 4 is 33.3 Å². The first-order chi connectivity index (χ1) is 14.2. The summed E-state index contributed by atoms with van der Waals surface area (Å²) in [5, 5.41) is 1.24. The zero-order valence-electron chi connectivity index (χ0n) is 18.8. The Kier molecular flexibility index (Phi) is 5.90. The molecule has 2 aliphatic heterocycles. The number of carbonyl (C=O) groups excluding carboxylic acids is 1. The fourth-order valence-corrected chi connectivity index (χ4v) is 5.39. The van der Waals surface area contributed by atoms with Gasteiger partial charge in [0.15, 0.2) is 0 Å². The number of allylic oxidation sites excluding steroid dienone is 1. The molecule has 2 atom stereocenters. The van der Waals surface area contributed by atoms with Crippen molar-refractivity contribution in [3.05, 3.63) is 34.8 Å². The molecular weight excluding hydrogens is 394 g/mol. The van der Waals surface area contributed by atoms with Gasteiger partial charge in [0.1, 0.15) is 5.60 Å². The van der Waals surface area contributed by atoms with Crippen LogP contribution in [-0.2, 0) is 4.74 Å². The van der Waals surface area contributed by atoms with Crippen LogP contribution in [0.15, 0.2) is 24.3 Å². The van der Waals surface area contributed by atoms with Crippen molar-refractivity contribution < 1.29 is 9.53 Å². The maximum absolute atomic E-state index is 12.9. The summed E-state index contributed by atoms with van der Waals surface area (Å²) in [7, 11) is 2.19. The molecule has 0 N–H and O–H groups in total. The number of benzene rings is 1. The molecule has 1 unspecified atom stereocenters. The second-order valence-corrected chi connectivity index (χ2v) is 10.9. The van der Waals surface area contributed by atoms with Crippen LogP contribution in [0, 0.1) is 5.92 Å². The molecule has 0 radical (unpaired) electrons. The number of rotatable bonds is 2. The molecule has 2 aromatic rings. The van der Waals surface area contributed by atoms with E-state index in [2.05, 4.69) is 43.1 Å². The van der Waals surface area contributed by atoms with Gasteiger partial charge in [-0.15, -0.1) is 11.3 Å². The molecule has 1 saturated heterocycles. The van der Waals surface area contributed by atoms with Gasteiger partial charge in [-0.2, -0.15) is 0 Å². The van der Waals surface area contributed by atoms with Gasteiger partial charge in [0.25, 0.3) is 0 Å². The number of ether oxygens (including phenoxy) is 1. The van der Waals surface area contributed by atoms with E-state index in [1.807, 2.05) is 32.1 Å². The fourth-order valence-electron chi connectivity index (χ4n) is 4.32. The van der Waals surface area contributed by atoms with Gasteiger partial charge in [-0.25, -0.2) is 9.78 Å². The van der Waals surface area contributed by atoms with E-state index < -0.39 is 5.60 Å². The number of fused-ring (bicyclic) bond motifs is 1. The molecule has 1 amide bonds. The third-order valence-electron chi connectivity index (χ3n) is 5.79. The van der Waals surface area contributed by atoms with Crippen molar-refractivity contribution in [2.75, 3.05) is 26.7 Å². The van der Waals surface area contributed by atoms with Crippen LogP contribution in [0.1, 0.15) is 63.4 Å². The summed E-state index contributed by atoms with van der Waals surface area (Å²) in [6, 6.07) is 6.42. The van der Waals surface area contributed by atoms with E-state index in [0.717, 1.165) is 29.7 Å². The first kappa shape index (κ1) is 21.3. The Labute approximate surface area is 183 Å². The SMILES string of the molecule is C[C@H]1CC=C(c2ccc3sc(C4CCCN(C)C4)nc3c2)N(C(=O)OC(C)(C)C)C1. The van der Waals surface area contributed by atoms with Crippen molar-refractivity contribution in [3.8, 4) is 0 Å². The van der Waals surface area contributed by atoms with Gasteiger partial charge in [0.05, 0.1) is 20.9 Å². The molecule has 30 heavy (non-hydrogen) atoms. The summed E-state index contributed by atoms with van der Waals surface area (Å²) in [6.45, 7) is 10.8. The summed E-state index contributed by atoms with van der Waals surface area (Å²) in [4.78, 5) is 22.1. The smallest absolute Gasteiger partial charge is 0.414 e. The van der Waals surface area contributed by atoms with E-state index in [4.69, 9.17) is 9.72 Å². The molecule has 0 spiro atoms. The average molecular weight is 428 g/mol. The van der Waals surface area contributed by atoms with E-state index in [-0.39, 0.29) is 6.09 Å². The predicted octanol–water partition coefficient (Wildman–Crippen LogP) is 5.72. The van der Waals surface area contributed by atoms with Crippen LogP contribution in [0.2, 0.25) is 0 Å². The quantitative estimate of drug-likeness (QED) is 0.615. The Morgan fingerprint density at radius 2 is 2.07 bits per heavy atom.